The monoisotopic (exact) mass is 607 g/mol. The molecule has 3 heterocycles. The smallest absolute Gasteiger partial charge is 0.236 e. The highest BCUT2D eigenvalue weighted by atomic mass is 32.2. The molecule has 2 aliphatic rings. The number of sulfone groups is 1. The van der Waals surface area contributed by atoms with Gasteiger partial charge < -0.3 is 20.3 Å². The Morgan fingerprint density at radius 2 is 1.74 bits per heavy atom. The normalized spacial score (nSPS) is 17.4. The standard InChI is InChI=1S/C31H41N7O4S/c1-19(2)43(40,41)26-10-8-7-9-24(26)34-30-32-18-33-31(36-30)35-25-15-20(3)28(23-16-21(4)42-29(23)25)22-11-13-38(14-12-22)17-27(39)37(5)6/h7-10,15,18-19,21-22H,11-14,16-17H2,1-6H3,(H2,32,33,34,35,36)/t21-/m1/s1. The van der Waals surface area contributed by atoms with Crippen LogP contribution >= 0.6 is 0 Å². The van der Waals surface area contributed by atoms with E-state index in [9.17, 15) is 13.2 Å². The molecule has 1 atom stereocenters. The van der Waals surface area contributed by atoms with Crippen LogP contribution in [0.15, 0.2) is 41.6 Å². The maximum Gasteiger partial charge on any atom is 0.236 e. The molecule has 2 aromatic carbocycles. The highest BCUT2D eigenvalue weighted by Crippen LogP contribution is 2.45. The van der Waals surface area contributed by atoms with E-state index in [1.165, 1.54) is 23.0 Å². The van der Waals surface area contributed by atoms with Crippen molar-refractivity contribution in [2.75, 3.05) is 44.4 Å². The van der Waals surface area contributed by atoms with Gasteiger partial charge in [0.2, 0.25) is 17.8 Å². The molecule has 230 valence electrons. The molecular weight excluding hydrogens is 566 g/mol. The predicted molar refractivity (Wildman–Crippen MR) is 167 cm³/mol. The molecule has 0 spiro atoms. The van der Waals surface area contributed by atoms with E-state index in [-0.39, 0.29) is 22.9 Å². The molecule has 1 amide bonds. The van der Waals surface area contributed by atoms with Gasteiger partial charge in [-0.25, -0.2) is 18.4 Å². The van der Waals surface area contributed by atoms with E-state index in [1.54, 1.807) is 57.1 Å². The highest BCUT2D eigenvalue weighted by Gasteiger charge is 2.32. The van der Waals surface area contributed by atoms with E-state index in [2.05, 4.69) is 50.4 Å². The number of hydrogen-bond donors (Lipinski definition) is 2. The van der Waals surface area contributed by atoms with Crippen molar-refractivity contribution in [1.82, 2.24) is 24.8 Å². The Morgan fingerprint density at radius 1 is 1.09 bits per heavy atom. The summed E-state index contributed by atoms with van der Waals surface area (Å²) in [5, 5.41) is 5.82. The topological polar surface area (TPSA) is 130 Å². The largest absolute Gasteiger partial charge is 0.488 e. The van der Waals surface area contributed by atoms with Crippen LogP contribution in [0, 0.1) is 6.92 Å². The number of nitrogens with one attached hydrogen (secondary N) is 2. The molecule has 43 heavy (non-hydrogen) atoms. The number of anilines is 4. The molecule has 5 rings (SSSR count). The second kappa shape index (κ2) is 12.5. The molecule has 0 radical (unpaired) electrons. The van der Waals surface area contributed by atoms with Gasteiger partial charge in [-0.1, -0.05) is 12.1 Å². The van der Waals surface area contributed by atoms with Crippen LogP contribution in [0.4, 0.5) is 23.3 Å². The first kappa shape index (κ1) is 30.7. The van der Waals surface area contributed by atoms with Crippen LogP contribution in [-0.4, -0.2) is 84.2 Å². The third-order valence-electron chi connectivity index (χ3n) is 8.17. The number of benzene rings is 2. The van der Waals surface area contributed by atoms with Crippen molar-refractivity contribution in [3.8, 4) is 5.75 Å². The number of likely N-dealkylation sites (N-methyl/N-ethyl adjacent to an activating group) is 1. The van der Waals surface area contributed by atoms with Crippen LogP contribution in [0.3, 0.4) is 0 Å². The lowest BCUT2D eigenvalue weighted by Crippen LogP contribution is -2.40. The van der Waals surface area contributed by atoms with Crippen LogP contribution in [0.5, 0.6) is 5.75 Å². The second-order valence-electron chi connectivity index (χ2n) is 11.9. The maximum atomic E-state index is 12.9. The number of carbonyl (C=O) groups excluding carboxylic acids is 1. The maximum absolute atomic E-state index is 12.9. The molecule has 12 heteroatoms. The Bertz CT molecular complexity index is 1600. The number of carbonyl (C=O) groups is 1. The van der Waals surface area contributed by atoms with Gasteiger partial charge in [0.1, 0.15) is 18.2 Å². The summed E-state index contributed by atoms with van der Waals surface area (Å²) >= 11 is 0. The molecule has 0 aliphatic carbocycles. The van der Waals surface area contributed by atoms with E-state index in [4.69, 9.17) is 4.74 Å². The Hall–Kier alpha value is -3.77. The van der Waals surface area contributed by atoms with Crippen molar-refractivity contribution in [2.45, 2.75) is 69.1 Å². The highest BCUT2D eigenvalue weighted by molar-refractivity contribution is 7.92. The van der Waals surface area contributed by atoms with Crippen LogP contribution in [0.25, 0.3) is 0 Å². The fourth-order valence-electron chi connectivity index (χ4n) is 5.85. The number of aryl methyl sites for hydroxylation is 1. The summed E-state index contributed by atoms with van der Waals surface area (Å²) in [5.74, 6) is 1.90. The zero-order chi connectivity index (χ0) is 30.9. The molecule has 0 unspecified atom stereocenters. The Kier molecular flexibility index (Phi) is 8.89. The molecule has 0 saturated carbocycles. The lowest BCUT2D eigenvalue weighted by molar-refractivity contribution is -0.130. The van der Waals surface area contributed by atoms with Gasteiger partial charge in [-0.15, -0.1) is 0 Å². The summed E-state index contributed by atoms with van der Waals surface area (Å²) in [4.78, 5) is 29.4. The van der Waals surface area contributed by atoms with Crippen molar-refractivity contribution in [3.05, 3.63) is 53.3 Å². The minimum absolute atomic E-state index is 0.0453. The molecule has 2 N–H and O–H groups in total. The lowest BCUT2D eigenvalue weighted by atomic mass is 9.82. The van der Waals surface area contributed by atoms with Crippen molar-refractivity contribution in [3.63, 3.8) is 0 Å². The van der Waals surface area contributed by atoms with Crippen LogP contribution in [0.1, 0.15) is 56.2 Å². The first-order valence-corrected chi connectivity index (χ1v) is 16.3. The van der Waals surface area contributed by atoms with E-state index >= 15 is 0 Å². The van der Waals surface area contributed by atoms with Gasteiger partial charge in [-0.2, -0.15) is 4.98 Å². The van der Waals surface area contributed by atoms with Crippen molar-refractivity contribution in [1.29, 1.82) is 0 Å². The number of rotatable bonds is 9. The molecular formula is C31H41N7O4S. The number of hydrogen-bond acceptors (Lipinski definition) is 10. The van der Waals surface area contributed by atoms with Crippen LogP contribution in [0.2, 0.25) is 0 Å². The van der Waals surface area contributed by atoms with E-state index < -0.39 is 15.1 Å². The van der Waals surface area contributed by atoms with Gasteiger partial charge in [-0.3, -0.25) is 9.69 Å². The number of ether oxygens (including phenoxy) is 1. The molecule has 1 saturated heterocycles. The second-order valence-corrected chi connectivity index (χ2v) is 14.4. The van der Waals surface area contributed by atoms with Gasteiger partial charge >= 0.3 is 0 Å². The zero-order valence-electron chi connectivity index (χ0n) is 25.7. The Morgan fingerprint density at radius 3 is 2.40 bits per heavy atom. The number of likely N-dealkylation sites (tertiary alicyclic amines) is 1. The molecule has 11 nitrogen and oxygen atoms in total. The SMILES string of the molecule is Cc1cc(Nc2ncnc(Nc3ccccc3S(=O)(=O)C(C)C)n2)c2c(c1C1CCN(CC(=O)N(C)C)CC1)C[C@@H](C)O2. The molecule has 1 aromatic heterocycles. The summed E-state index contributed by atoms with van der Waals surface area (Å²) in [6, 6.07) is 8.83. The summed E-state index contributed by atoms with van der Waals surface area (Å²) in [5.41, 5.74) is 4.95. The summed E-state index contributed by atoms with van der Waals surface area (Å²) in [6.45, 7) is 9.76. The van der Waals surface area contributed by atoms with Crippen LogP contribution in [-0.2, 0) is 21.1 Å². The van der Waals surface area contributed by atoms with Crippen LogP contribution < -0.4 is 15.4 Å². The quantitative estimate of drug-likeness (QED) is 0.360. The predicted octanol–water partition coefficient (Wildman–Crippen LogP) is 4.44. The van der Waals surface area contributed by atoms with Crippen molar-refractivity contribution >= 4 is 39.0 Å². The van der Waals surface area contributed by atoms with Crippen molar-refractivity contribution in [2.24, 2.45) is 0 Å². The van der Waals surface area contributed by atoms with E-state index in [1.807, 2.05) is 0 Å². The number of aromatic nitrogens is 3. The first-order chi connectivity index (χ1) is 20.4. The van der Waals surface area contributed by atoms with Gasteiger partial charge in [0.15, 0.2) is 9.84 Å². The first-order valence-electron chi connectivity index (χ1n) is 14.8. The molecule has 0 bridgehead atoms. The number of nitrogens with zero attached hydrogens (tertiary/aromatic N) is 5. The van der Waals surface area contributed by atoms with Crippen molar-refractivity contribution < 1.29 is 17.9 Å². The molecule has 1 fully saturated rings. The molecule has 2 aliphatic heterocycles. The minimum Gasteiger partial charge on any atom is -0.488 e. The van der Waals surface area contributed by atoms with Gasteiger partial charge in [-0.05, 0) is 88.9 Å². The fraction of sp³-hybridized carbons (Fsp3) is 0.484. The summed E-state index contributed by atoms with van der Waals surface area (Å²) in [7, 11) is 0.0820. The number of amides is 1. The van der Waals surface area contributed by atoms with Gasteiger partial charge in [0.25, 0.3) is 0 Å². The lowest BCUT2D eigenvalue weighted by Gasteiger charge is -2.33. The van der Waals surface area contributed by atoms with E-state index in [0.29, 0.717) is 24.1 Å². The average Bonchev–Trinajstić information content (AvgIpc) is 3.35. The van der Waals surface area contributed by atoms with Gasteiger partial charge in [0, 0.05) is 26.1 Å². The number of fused-ring (bicyclic) bond motifs is 1. The zero-order valence-corrected chi connectivity index (χ0v) is 26.5. The number of piperidine rings is 1. The summed E-state index contributed by atoms with van der Waals surface area (Å²) < 4.78 is 32.1. The third-order valence-corrected chi connectivity index (χ3v) is 10.4. The Balaban J connectivity index is 1.37. The minimum atomic E-state index is -3.51. The van der Waals surface area contributed by atoms with E-state index in [0.717, 1.165) is 43.8 Å². The van der Waals surface area contributed by atoms with Gasteiger partial charge in [0.05, 0.1) is 28.1 Å². The number of para-hydroxylation sites is 1. The third kappa shape index (κ3) is 6.59. The Labute approximate surface area is 254 Å². The molecule has 3 aromatic rings. The average molecular weight is 608 g/mol. The fourth-order valence-corrected chi connectivity index (χ4v) is 7.06. The summed E-state index contributed by atoms with van der Waals surface area (Å²) in [6.07, 6.45) is 4.24.